The summed E-state index contributed by atoms with van der Waals surface area (Å²) in [4.78, 5) is 0. The second-order valence-electron chi connectivity index (χ2n) is 1.14. The van der Waals surface area contributed by atoms with E-state index in [1.807, 2.05) is 46.0 Å². The molecule has 0 aromatic carbocycles. The van der Waals surface area contributed by atoms with Gasteiger partial charge in [-0.3, -0.25) is 0 Å². The van der Waals surface area contributed by atoms with Gasteiger partial charge in [-0.25, -0.2) is 0 Å². The molecule has 0 aliphatic heterocycles. The van der Waals surface area contributed by atoms with Crippen molar-refractivity contribution in [3.8, 4) is 0 Å². The summed E-state index contributed by atoms with van der Waals surface area (Å²) in [7, 11) is 0. The van der Waals surface area contributed by atoms with Crippen molar-refractivity contribution >= 4 is 46.0 Å². The highest BCUT2D eigenvalue weighted by Crippen LogP contribution is 2.01. The van der Waals surface area contributed by atoms with E-state index in [0.717, 1.165) is 0 Å². The molecule has 0 saturated carbocycles. The van der Waals surface area contributed by atoms with Gasteiger partial charge in [-0.15, -0.1) is 6.58 Å². The lowest BCUT2D eigenvalue weighted by molar-refractivity contribution is 0.252. The first-order valence-electron chi connectivity index (χ1n) is 1.98. The largest absolute Gasteiger partial charge is 0.313 e. The molecule has 0 rings (SSSR count). The van der Waals surface area contributed by atoms with E-state index < -0.39 is 0 Å². The van der Waals surface area contributed by atoms with Crippen LogP contribution in [0.3, 0.4) is 0 Å². The zero-order valence-electron chi connectivity index (χ0n) is 4.14. The SMILES string of the molecule is C=CC(COI)OI. The summed E-state index contributed by atoms with van der Waals surface area (Å²) >= 11 is 3.64. The minimum atomic E-state index is 0.0208. The van der Waals surface area contributed by atoms with Crippen molar-refractivity contribution in [2.45, 2.75) is 6.10 Å². The molecule has 0 heterocycles. The summed E-state index contributed by atoms with van der Waals surface area (Å²) in [6.07, 6.45) is 1.72. The first-order valence-corrected chi connectivity index (χ1v) is 3.74. The summed E-state index contributed by atoms with van der Waals surface area (Å²) < 4.78 is 9.62. The van der Waals surface area contributed by atoms with E-state index in [4.69, 9.17) is 6.13 Å². The molecule has 0 amide bonds. The van der Waals surface area contributed by atoms with Gasteiger partial charge < -0.3 is 6.13 Å². The van der Waals surface area contributed by atoms with Crippen molar-refractivity contribution in [1.29, 1.82) is 0 Å². The summed E-state index contributed by atoms with van der Waals surface area (Å²) in [6.45, 7) is 4.10. The average molecular weight is 340 g/mol. The van der Waals surface area contributed by atoms with Crippen LogP contribution in [0.4, 0.5) is 0 Å². The van der Waals surface area contributed by atoms with Crippen LogP contribution in [0, 0.1) is 0 Å². The molecule has 0 spiro atoms. The summed E-state index contributed by atoms with van der Waals surface area (Å²) in [5.74, 6) is 0. The van der Waals surface area contributed by atoms with Crippen molar-refractivity contribution in [2.75, 3.05) is 6.61 Å². The van der Waals surface area contributed by atoms with E-state index >= 15 is 0 Å². The number of hydrogen-bond acceptors (Lipinski definition) is 2. The third kappa shape index (κ3) is 4.04. The number of rotatable bonds is 4. The molecule has 1 unspecified atom stereocenters. The highest BCUT2D eigenvalue weighted by molar-refractivity contribution is 14.1. The van der Waals surface area contributed by atoms with Crippen LogP contribution < -0.4 is 0 Å². The molecule has 0 aliphatic rings. The Hall–Kier alpha value is 1.12. The Labute approximate surface area is 77.0 Å². The van der Waals surface area contributed by atoms with E-state index in [1.54, 1.807) is 6.08 Å². The molecule has 0 fully saturated rings. The lowest BCUT2D eigenvalue weighted by Crippen LogP contribution is -2.08. The highest BCUT2D eigenvalue weighted by Gasteiger charge is 1.99. The summed E-state index contributed by atoms with van der Waals surface area (Å²) in [6, 6.07) is 0. The van der Waals surface area contributed by atoms with Crippen LogP contribution >= 0.6 is 46.0 Å². The third-order valence-electron chi connectivity index (χ3n) is 0.605. The maximum atomic E-state index is 4.86. The predicted molar refractivity (Wildman–Crippen MR) is 49.1 cm³/mol. The number of halogens is 2. The zero-order chi connectivity index (χ0) is 6.41. The topological polar surface area (TPSA) is 18.5 Å². The first-order chi connectivity index (χ1) is 3.85. The van der Waals surface area contributed by atoms with Crippen LogP contribution in [0.1, 0.15) is 0 Å². The minimum Gasteiger partial charge on any atom is -0.313 e. The minimum absolute atomic E-state index is 0.0208. The van der Waals surface area contributed by atoms with Gasteiger partial charge in [-0.05, 0) is 0 Å². The Balaban J connectivity index is 3.21. The quantitative estimate of drug-likeness (QED) is 0.578. The Morgan fingerprint density at radius 2 is 2.25 bits per heavy atom. The molecule has 4 heteroatoms. The van der Waals surface area contributed by atoms with Crippen molar-refractivity contribution in [3.63, 3.8) is 0 Å². The Morgan fingerprint density at radius 1 is 1.62 bits per heavy atom. The van der Waals surface area contributed by atoms with Gasteiger partial charge in [0.25, 0.3) is 0 Å². The van der Waals surface area contributed by atoms with Crippen molar-refractivity contribution in [3.05, 3.63) is 12.7 Å². The smallest absolute Gasteiger partial charge is 0.112 e. The zero-order valence-corrected chi connectivity index (χ0v) is 8.46. The summed E-state index contributed by atoms with van der Waals surface area (Å²) in [5.41, 5.74) is 0. The van der Waals surface area contributed by atoms with E-state index in [2.05, 4.69) is 6.58 Å². The average Bonchev–Trinajstić information content (AvgIpc) is 1.83. The molecule has 0 aromatic rings. The van der Waals surface area contributed by atoms with Crippen LogP contribution in [-0.4, -0.2) is 12.7 Å². The van der Waals surface area contributed by atoms with Gasteiger partial charge in [0.2, 0.25) is 0 Å². The molecule has 0 aliphatic carbocycles. The van der Waals surface area contributed by atoms with Crippen molar-refractivity contribution in [1.82, 2.24) is 0 Å². The van der Waals surface area contributed by atoms with Crippen LogP contribution in [0.25, 0.3) is 0 Å². The number of hydrogen-bond donors (Lipinski definition) is 0. The highest BCUT2D eigenvalue weighted by atomic mass is 127. The molecular weight excluding hydrogens is 334 g/mol. The van der Waals surface area contributed by atoms with Crippen LogP contribution in [0.2, 0.25) is 0 Å². The molecule has 0 aromatic heterocycles. The Morgan fingerprint density at radius 3 is 2.38 bits per heavy atom. The van der Waals surface area contributed by atoms with Crippen molar-refractivity contribution in [2.24, 2.45) is 0 Å². The first kappa shape index (κ1) is 9.12. The fraction of sp³-hybridized carbons (Fsp3) is 0.500. The van der Waals surface area contributed by atoms with E-state index in [9.17, 15) is 0 Å². The lowest BCUT2D eigenvalue weighted by atomic mass is 10.4. The van der Waals surface area contributed by atoms with Gasteiger partial charge in [-0.1, -0.05) is 6.08 Å². The molecule has 8 heavy (non-hydrogen) atoms. The molecular formula is C4H6I2O2. The van der Waals surface area contributed by atoms with Gasteiger partial charge in [0.1, 0.15) is 52.1 Å². The molecule has 2 nitrogen and oxygen atoms in total. The van der Waals surface area contributed by atoms with Crippen molar-refractivity contribution < 1.29 is 6.13 Å². The molecule has 1 atom stereocenters. The third-order valence-corrected chi connectivity index (χ3v) is 1.62. The van der Waals surface area contributed by atoms with Gasteiger partial charge in [0, 0.05) is 0 Å². The molecule has 48 valence electrons. The van der Waals surface area contributed by atoms with Crippen LogP contribution in [0.5, 0.6) is 0 Å². The van der Waals surface area contributed by atoms with Gasteiger partial charge >= 0.3 is 0 Å². The molecule has 0 N–H and O–H groups in total. The second-order valence-corrected chi connectivity index (χ2v) is 2.27. The Bertz CT molecular complexity index is 67.1. The van der Waals surface area contributed by atoms with E-state index in [-0.39, 0.29) is 6.10 Å². The lowest BCUT2D eigenvalue weighted by Gasteiger charge is -2.03. The molecule has 0 bridgehead atoms. The monoisotopic (exact) mass is 340 g/mol. The second kappa shape index (κ2) is 6.24. The van der Waals surface area contributed by atoms with E-state index in [1.165, 1.54) is 0 Å². The predicted octanol–water partition coefficient (Wildman–Crippen LogP) is 2.27. The van der Waals surface area contributed by atoms with E-state index in [0.29, 0.717) is 6.61 Å². The fourth-order valence-corrected chi connectivity index (χ4v) is 0.901. The normalized spacial score (nSPS) is 13.2. The molecule has 0 saturated heterocycles. The standard InChI is InChI=1S/C4H6I2O2/c1-2-4(8-6)3-7-5/h2,4H,1,3H2. The van der Waals surface area contributed by atoms with Crippen LogP contribution in [0.15, 0.2) is 12.7 Å². The van der Waals surface area contributed by atoms with Gasteiger partial charge in [-0.2, -0.15) is 0 Å². The van der Waals surface area contributed by atoms with Gasteiger partial charge in [0.15, 0.2) is 0 Å². The maximum absolute atomic E-state index is 4.86. The molecule has 0 radical (unpaired) electrons. The van der Waals surface area contributed by atoms with Crippen LogP contribution in [-0.2, 0) is 6.13 Å². The Kier molecular flexibility index (Phi) is 7.12. The maximum Gasteiger partial charge on any atom is 0.112 e. The van der Waals surface area contributed by atoms with Gasteiger partial charge in [0.05, 0.1) is 6.61 Å². The fourth-order valence-electron chi connectivity index (χ4n) is 0.192. The summed E-state index contributed by atoms with van der Waals surface area (Å²) in [5, 5.41) is 0.